The molecule has 0 fully saturated rings. The Labute approximate surface area is 184 Å². The predicted molar refractivity (Wildman–Crippen MR) is 121 cm³/mol. The fourth-order valence-corrected chi connectivity index (χ4v) is 5.31. The van der Waals surface area contributed by atoms with Gasteiger partial charge in [-0.15, -0.1) is 11.3 Å². The molecule has 0 saturated heterocycles. The molecule has 1 N–H and O–H groups in total. The van der Waals surface area contributed by atoms with Gasteiger partial charge in [0.25, 0.3) is 11.8 Å². The molecule has 3 amide bonds. The molecule has 1 aromatic heterocycles. The van der Waals surface area contributed by atoms with Gasteiger partial charge in [0.05, 0.1) is 4.88 Å². The van der Waals surface area contributed by atoms with Crippen LogP contribution in [0.2, 0.25) is 0 Å². The average Bonchev–Trinajstić information content (AvgIpc) is 3.35. The van der Waals surface area contributed by atoms with Crippen LogP contribution in [-0.2, 0) is 4.79 Å². The second kappa shape index (κ2) is 7.67. The van der Waals surface area contributed by atoms with Gasteiger partial charge < -0.3 is 10.2 Å². The van der Waals surface area contributed by atoms with Crippen molar-refractivity contribution in [2.24, 2.45) is 0 Å². The van der Waals surface area contributed by atoms with E-state index in [0.717, 1.165) is 11.3 Å². The van der Waals surface area contributed by atoms with Gasteiger partial charge in [0, 0.05) is 36.4 Å². The molecule has 5 rings (SSSR count). The number of anilines is 2. The molecule has 6 nitrogen and oxygen atoms in total. The van der Waals surface area contributed by atoms with Gasteiger partial charge in [-0.05, 0) is 47.7 Å². The summed E-state index contributed by atoms with van der Waals surface area (Å²) < 4.78 is 0. The summed E-state index contributed by atoms with van der Waals surface area (Å²) in [5.74, 6) is -0.544. The minimum Gasteiger partial charge on any atom is -0.357 e. The number of thiophene rings is 1. The molecule has 2 aromatic carbocycles. The highest BCUT2D eigenvalue weighted by Crippen LogP contribution is 2.45. The zero-order valence-corrected chi connectivity index (χ0v) is 17.8. The predicted octanol–water partition coefficient (Wildman–Crippen LogP) is 3.66. The number of amides is 3. The van der Waals surface area contributed by atoms with E-state index in [1.807, 2.05) is 53.9 Å². The largest absolute Gasteiger partial charge is 0.357 e. The summed E-state index contributed by atoms with van der Waals surface area (Å²) in [6.45, 7) is 0.474. The Morgan fingerprint density at radius 2 is 1.84 bits per heavy atom. The van der Waals surface area contributed by atoms with E-state index in [0.29, 0.717) is 29.1 Å². The van der Waals surface area contributed by atoms with Crippen molar-refractivity contribution >= 4 is 40.4 Å². The second-order valence-corrected chi connectivity index (χ2v) is 8.65. The van der Waals surface area contributed by atoms with Gasteiger partial charge in [-0.2, -0.15) is 0 Å². The normalized spacial score (nSPS) is 19.7. The molecule has 156 valence electrons. The van der Waals surface area contributed by atoms with Crippen molar-refractivity contribution in [3.8, 4) is 0 Å². The van der Waals surface area contributed by atoms with E-state index in [4.69, 9.17) is 0 Å². The van der Waals surface area contributed by atoms with E-state index in [9.17, 15) is 14.4 Å². The number of rotatable bonds is 3. The smallest absolute Gasteiger partial charge is 0.269 e. The Balaban J connectivity index is 1.65. The second-order valence-electron chi connectivity index (χ2n) is 7.70. The first-order valence-corrected chi connectivity index (χ1v) is 11.1. The number of carbonyl (C=O) groups is 3. The number of hydrogen-bond donors (Lipinski definition) is 1. The molecule has 3 heterocycles. The number of likely N-dealkylation sites (N-methyl/N-ethyl adjacent to an activating group) is 1. The van der Waals surface area contributed by atoms with E-state index in [-0.39, 0.29) is 23.6 Å². The number of nitrogens with one attached hydrogen (secondary N) is 1. The molecule has 0 spiro atoms. The Morgan fingerprint density at radius 3 is 2.55 bits per heavy atom. The Kier molecular flexibility index (Phi) is 4.82. The quantitative estimate of drug-likeness (QED) is 0.688. The molecule has 0 unspecified atom stereocenters. The number of hydrogen-bond acceptors (Lipinski definition) is 4. The van der Waals surface area contributed by atoms with Crippen molar-refractivity contribution in [2.45, 2.75) is 18.4 Å². The third-order valence-electron chi connectivity index (χ3n) is 6.02. The summed E-state index contributed by atoms with van der Waals surface area (Å²) in [7, 11) is 1.59. The van der Waals surface area contributed by atoms with Crippen LogP contribution >= 0.6 is 11.3 Å². The number of carbonyl (C=O) groups excluding carboxylic acids is 3. The summed E-state index contributed by atoms with van der Waals surface area (Å²) in [4.78, 5) is 43.6. The molecule has 2 atom stereocenters. The van der Waals surface area contributed by atoms with Gasteiger partial charge in [0.2, 0.25) is 5.91 Å². The minimum absolute atomic E-state index is 0.0428. The van der Waals surface area contributed by atoms with Crippen molar-refractivity contribution in [2.75, 3.05) is 23.4 Å². The molecule has 2 aliphatic rings. The highest BCUT2D eigenvalue weighted by Gasteiger charge is 2.45. The molecule has 3 aromatic rings. The topological polar surface area (TPSA) is 69.7 Å². The van der Waals surface area contributed by atoms with Crippen LogP contribution in [0.5, 0.6) is 0 Å². The SMILES string of the molecule is CNC(=O)[C@@H]1C[C@H]2CN(c3ccccc3)C(=O)c3cccc(c32)N1C(=O)c1cccs1. The lowest BCUT2D eigenvalue weighted by Gasteiger charge is -2.44. The van der Waals surface area contributed by atoms with Crippen LogP contribution in [0, 0.1) is 0 Å². The first kappa shape index (κ1) is 19.5. The summed E-state index contributed by atoms with van der Waals surface area (Å²) in [5.41, 5.74) is 2.95. The molecule has 0 bridgehead atoms. The lowest BCUT2D eigenvalue weighted by Crippen LogP contribution is -2.55. The zero-order valence-electron chi connectivity index (χ0n) is 16.9. The molecule has 31 heavy (non-hydrogen) atoms. The summed E-state index contributed by atoms with van der Waals surface area (Å²) in [6.07, 6.45) is 0.456. The molecule has 2 aliphatic heterocycles. The Morgan fingerprint density at radius 1 is 1.03 bits per heavy atom. The van der Waals surface area contributed by atoms with E-state index in [1.54, 1.807) is 29.0 Å². The maximum Gasteiger partial charge on any atom is 0.269 e. The van der Waals surface area contributed by atoms with Crippen LogP contribution in [0.4, 0.5) is 11.4 Å². The highest BCUT2D eigenvalue weighted by atomic mass is 32.1. The van der Waals surface area contributed by atoms with Crippen LogP contribution in [0.3, 0.4) is 0 Å². The molecule has 0 aliphatic carbocycles. The maximum atomic E-state index is 13.4. The van der Waals surface area contributed by atoms with Gasteiger partial charge >= 0.3 is 0 Å². The number of para-hydroxylation sites is 1. The monoisotopic (exact) mass is 431 g/mol. The average molecular weight is 432 g/mol. The molecule has 0 saturated carbocycles. The first-order valence-electron chi connectivity index (χ1n) is 10.2. The lowest BCUT2D eigenvalue weighted by atomic mass is 9.79. The van der Waals surface area contributed by atoms with Crippen LogP contribution in [-0.4, -0.2) is 37.4 Å². The van der Waals surface area contributed by atoms with Crippen molar-refractivity contribution in [3.63, 3.8) is 0 Å². The van der Waals surface area contributed by atoms with Crippen molar-refractivity contribution in [3.05, 3.63) is 82.0 Å². The fraction of sp³-hybridized carbons (Fsp3) is 0.208. The van der Waals surface area contributed by atoms with E-state index >= 15 is 0 Å². The molecular formula is C24H21N3O3S. The summed E-state index contributed by atoms with van der Waals surface area (Å²) in [6, 6.07) is 18.0. The van der Waals surface area contributed by atoms with Gasteiger partial charge in [0.15, 0.2) is 0 Å². The lowest BCUT2D eigenvalue weighted by molar-refractivity contribution is -0.122. The van der Waals surface area contributed by atoms with Crippen LogP contribution < -0.4 is 15.1 Å². The van der Waals surface area contributed by atoms with Crippen molar-refractivity contribution in [1.82, 2.24) is 5.32 Å². The molecule has 7 heteroatoms. The van der Waals surface area contributed by atoms with Crippen molar-refractivity contribution < 1.29 is 14.4 Å². The molecular weight excluding hydrogens is 410 g/mol. The Bertz CT molecular complexity index is 1160. The van der Waals surface area contributed by atoms with Gasteiger partial charge in [0.1, 0.15) is 6.04 Å². The van der Waals surface area contributed by atoms with Crippen LogP contribution in [0.15, 0.2) is 66.0 Å². The van der Waals surface area contributed by atoms with E-state index in [2.05, 4.69) is 5.32 Å². The van der Waals surface area contributed by atoms with E-state index in [1.165, 1.54) is 11.3 Å². The highest BCUT2D eigenvalue weighted by molar-refractivity contribution is 7.12. The third-order valence-corrected chi connectivity index (χ3v) is 6.87. The zero-order chi connectivity index (χ0) is 21.5. The summed E-state index contributed by atoms with van der Waals surface area (Å²) >= 11 is 1.35. The Hall–Kier alpha value is -3.45. The maximum absolute atomic E-state index is 13.4. The fourth-order valence-electron chi connectivity index (χ4n) is 4.65. The summed E-state index contributed by atoms with van der Waals surface area (Å²) in [5, 5.41) is 4.56. The minimum atomic E-state index is -0.641. The standard InChI is InChI=1S/C24H21N3O3S/c1-25-22(28)19-13-15-14-26(16-7-3-2-4-8-16)23(29)17-9-5-10-18(21(15)17)27(19)24(30)20-11-6-12-31-20/h2-12,15,19H,13-14H2,1H3,(H,25,28)/t15-,19-/m0/s1. The van der Waals surface area contributed by atoms with Gasteiger partial charge in [-0.1, -0.05) is 30.3 Å². The van der Waals surface area contributed by atoms with E-state index < -0.39 is 6.04 Å². The molecule has 0 radical (unpaired) electrons. The van der Waals surface area contributed by atoms with Gasteiger partial charge in [-0.3, -0.25) is 19.3 Å². The third kappa shape index (κ3) is 3.13. The number of benzene rings is 2. The van der Waals surface area contributed by atoms with Crippen molar-refractivity contribution in [1.29, 1.82) is 0 Å². The van der Waals surface area contributed by atoms with Crippen LogP contribution in [0.25, 0.3) is 0 Å². The van der Waals surface area contributed by atoms with Gasteiger partial charge in [-0.25, -0.2) is 0 Å². The number of nitrogens with zero attached hydrogens (tertiary/aromatic N) is 2. The van der Waals surface area contributed by atoms with Crippen LogP contribution in [0.1, 0.15) is 37.9 Å². The first-order chi connectivity index (χ1) is 15.1.